The highest BCUT2D eigenvalue weighted by Gasteiger charge is 2.27. The largest absolute Gasteiger partial charge is 0.400 e. The molecule has 0 N–H and O–H groups in total. The summed E-state index contributed by atoms with van der Waals surface area (Å²) in [7, 11) is 2.05. The lowest BCUT2D eigenvalue weighted by Gasteiger charge is -2.24. The molecule has 1 saturated carbocycles. The summed E-state index contributed by atoms with van der Waals surface area (Å²) in [5.41, 5.74) is 0. The summed E-state index contributed by atoms with van der Waals surface area (Å²) in [6, 6.07) is 0. The van der Waals surface area contributed by atoms with Crippen LogP contribution in [0.2, 0.25) is 5.04 Å². The zero-order valence-corrected chi connectivity index (χ0v) is 11.6. The third-order valence-corrected chi connectivity index (χ3v) is 4.66. The summed E-state index contributed by atoms with van der Waals surface area (Å²) in [6.07, 6.45) is 7.50. The predicted molar refractivity (Wildman–Crippen MR) is 64.0 cm³/mol. The molecular weight excluding hydrogens is 192 g/mol. The zero-order valence-electron chi connectivity index (χ0n) is 10.4. The molecular formula is C11H26O2Si. The lowest BCUT2D eigenvalue weighted by Crippen LogP contribution is -2.30. The van der Waals surface area contributed by atoms with Gasteiger partial charge in [-0.2, -0.15) is 0 Å². The minimum Gasteiger partial charge on any atom is -0.400 e. The molecule has 0 amide bonds. The van der Waals surface area contributed by atoms with Gasteiger partial charge < -0.3 is 8.85 Å². The molecule has 0 aromatic heterocycles. The number of hydrogen-bond acceptors (Lipinski definition) is 2. The molecule has 0 aromatic carbocycles. The van der Waals surface area contributed by atoms with E-state index in [1.165, 1.54) is 32.1 Å². The Kier molecular flexibility index (Phi) is 7.50. The zero-order chi connectivity index (χ0) is 11.0. The summed E-state index contributed by atoms with van der Waals surface area (Å²) >= 11 is 0. The van der Waals surface area contributed by atoms with Crippen molar-refractivity contribution in [2.75, 3.05) is 14.2 Å². The molecule has 0 aliphatic heterocycles. The van der Waals surface area contributed by atoms with Gasteiger partial charge in [-0.15, -0.1) is 0 Å². The molecule has 2 nitrogen and oxygen atoms in total. The van der Waals surface area contributed by atoms with Gasteiger partial charge in [0.05, 0.1) is 0 Å². The van der Waals surface area contributed by atoms with E-state index in [0.717, 1.165) is 0 Å². The molecule has 0 unspecified atom stereocenters. The fraction of sp³-hybridized carbons (Fsp3) is 1.00. The topological polar surface area (TPSA) is 18.5 Å². The fourth-order valence-corrected chi connectivity index (χ4v) is 3.29. The second kappa shape index (κ2) is 7.43. The molecule has 0 spiro atoms. The molecule has 1 aliphatic carbocycles. The number of hydrogen-bond donors (Lipinski definition) is 0. The van der Waals surface area contributed by atoms with Crippen LogP contribution < -0.4 is 0 Å². The Labute approximate surface area is 90.8 Å². The van der Waals surface area contributed by atoms with Crippen molar-refractivity contribution >= 4 is 9.28 Å². The highest BCUT2D eigenvalue weighted by molar-refractivity contribution is 6.48. The quantitative estimate of drug-likeness (QED) is 0.662. The SMILES string of the molecule is C1CCCC1.CO[SiH](OC)C(C)(C)C. The first-order chi connectivity index (χ1) is 6.52. The van der Waals surface area contributed by atoms with Crippen LogP contribution in [0.15, 0.2) is 0 Å². The molecule has 0 saturated heterocycles. The van der Waals surface area contributed by atoms with Crippen molar-refractivity contribution in [1.29, 1.82) is 0 Å². The number of rotatable bonds is 2. The molecule has 0 radical (unpaired) electrons. The van der Waals surface area contributed by atoms with E-state index < -0.39 is 9.28 Å². The monoisotopic (exact) mass is 218 g/mol. The van der Waals surface area contributed by atoms with Gasteiger partial charge in [0.2, 0.25) is 0 Å². The van der Waals surface area contributed by atoms with Crippen molar-refractivity contribution in [2.45, 2.75) is 57.9 Å². The first-order valence-electron chi connectivity index (χ1n) is 5.58. The average molecular weight is 218 g/mol. The minimum absolute atomic E-state index is 0.212. The second-order valence-electron chi connectivity index (χ2n) is 4.94. The summed E-state index contributed by atoms with van der Waals surface area (Å²) in [5.74, 6) is 0. The minimum atomic E-state index is -1.38. The molecule has 0 heterocycles. The predicted octanol–water partition coefficient (Wildman–Crippen LogP) is 3.25. The summed E-state index contributed by atoms with van der Waals surface area (Å²) in [4.78, 5) is 0. The Morgan fingerprint density at radius 1 is 0.786 bits per heavy atom. The third-order valence-electron chi connectivity index (χ3n) is 2.39. The van der Waals surface area contributed by atoms with Crippen molar-refractivity contribution in [3.8, 4) is 0 Å². The van der Waals surface area contributed by atoms with Gasteiger partial charge in [0, 0.05) is 19.3 Å². The maximum atomic E-state index is 5.18. The van der Waals surface area contributed by atoms with Gasteiger partial charge in [-0.05, 0) is 0 Å². The van der Waals surface area contributed by atoms with E-state index >= 15 is 0 Å². The van der Waals surface area contributed by atoms with Crippen molar-refractivity contribution in [2.24, 2.45) is 0 Å². The fourth-order valence-electron chi connectivity index (χ4n) is 1.69. The van der Waals surface area contributed by atoms with E-state index in [1.807, 2.05) is 0 Å². The Bertz CT molecular complexity index is 116. The van der Waals surface area contributed by atoms with Crippen LogP contribution in [-0.2, 0) is 8.85 Å². The van der Waals surface area contributed by atoms with Crippen LogP contribution >= 0.6 is 0 Å². The van der Waals surface area contributed by atoms with Crippen molar-refractivity contribution in [1.82, 2.24) is 0 Å². The molecule has 3 heteroatoms. The van der Waals surface area contributed by atoms with Crippen LogP contribution in [0.1, 0.15) is 52.9 Å². The van der Waals surface area contributed by atoms with Crippen molar-refractivity contribution in [3.63, 3.8) is 0 Å². The van der Waals surface area contributed by atoms with E-state index in [-0.39, 0.29) is 5.04 Å². The molecule has 0 bridgehead atoms. The van der Waals surface area contributed by atoms with Crippen molar-refractivity contribution < 1.29 is 8.85 Å². The normalized spacial score (nSPS) is 16.7. The summed E-state index contributed by atoms with van der Waals surface area (Å²) in [6.45, 7) is 6.41. The third kappa shape index (κ3) is 6.57. The molecule has 1 aliphatic rings. The molecule has 0 atom stereocenters. The van der Waals surface area contributed by atoms with Crippen LogP contribution in [0.5, 0.6) is 0 Å². The Hall–Kier alpha value is 0.137. The first-order valence-corrected chi connectivity index (χ1v) is 7.10. The lowest BCUT2D eigenvalue weighted by molar-refractivity contribution is 0.251. The first kappa shape index (κ1) is 14.1. The van der Waals surface area contributed by atoms with Gasteiger partial charge in [0.25, 0.3) is 0 Å². The van der Waals surface area contributed by atoms with E-state index in [0.29, 0.717) is 0 Å². The second-order valence-corrected chi connectivity index (χ2v) is 8.28. The van der Waals surface area contributed by atoms with Gasteiger partial charge in [-0.1, -0.05) is 52.9 Å². The highest BCUT2D eigenvalue weighted by Crippen LogP contribution is 2.26. The highest BCUT2D eigenvalue weighted by atomic mass is 28.3. The van der Waals surface area contributed by atoms with Crippen LogP contribution in [0.25, 0.3) is 0 Å². The van der Waals surface area contributed by atoms with E-state index in [9.17, 15) is 0 Å². The average Bonchev–Trinajstić information content (AvgIpc) is 2.60. The standard InChI is InChI=1S/C6H16O2Si.C5H10/c1-6(2,3)9(7-4)8-5;1-2-4-5-3-1/h9H,1-5H3;1-5H2. The molecule has 1 rings (SSSR count). The van der Waals surface area contributed by atoms with Gasteiger partial charge in [-0.3, -0.25) is 0 Å². The van der Waals surface area contributed by atoms with E-state index in [4.69, 9.17) is 8.85 Å². The lowest BCUT2D eigenvalue weighted by atomic mass is 10.3. The molecule has 1 fully saturated rings. The van der Waals surface area contributed by atoms with E-state index in [2.05, 4.69) is 20.8 Å². The van der Waals surface area contributed by atoms with Crippen LogP contribution in [0.3, 0.4) is 0 Å². The van der Waals surface area contributed by atoms with Gasteiger partial charge in [0.1, 0.15) is 0 Å². The molecule has 86 valence electrons. The van der Waals surface area contributed by atoms with E-state index in [1.54, 1.807) is 14.2 Å². The summed E-state index contributed by atoms with van der Waals surface area (Å²) in [5, 5.41) is 0.212. The summed E-state index contributed by atoms with van der Waals surface area (Å²) < 4.78 is 10.4. The van der Waals surface area contributed by atoms with Crippen LogP contribution in [-0.4, -0.2) is 23.5 Å². The Balaban J connectivity index is 0.000000280. The van der Waals surface area contributed by atoms with Gasteiger partial charge >= 0.3 is 9.28 Å². The molecule has 14 heavy (non-hydrogen) atoms. The van der Waals surface area contributed by atoms with Crippen LogP contribution in [0, 0.1) is 0 Å². The van der Waals surface area contributed by atoms with Gasteiger partial charge in [0.15, 0.2) is 0 Å². The molecule has 0 aromatic rings. The Morgan fingerprint density at radius 3 is 1.14 bits per heavy atom. The Morgan fingerprint density at radius 2 is 1.07 bits per heavy atom. The van der Waals surface area contributed by atoms with Crippen molar-refractivity contribution in [3.05, 3.63) is 0 Å². The maximum absolute atomic E-state index is 5.18. The smallest absolute Gasteiger partial charge is 0.326 e. The van der Waals surface area contributed by atoms with Crippen LogP contribution in [0.4, 0.5) is 0 Å². The maximum Gasteiger partial charge on any atom is 0.326 e. The van der Waals surface area contributed by atoms with Gasteiger partial charge in [-0.25, -0.2) is 0 Å².